The summed E-state index contributed by atoms with van der Waals surface area (Å²) in [6.07, 6.45) is 8.26. The van der Waals surface area contributed by atoms with Crippen molar-refractivity contribution in [1.29, 1.82) is 0 Å². The van der Waals surface area contributed by atoms with Crippen LogP contribution >= 0.6 is 11.8 Å². The highest BCUT2D eigenvalue weighted by atomic mass is 32.2. The van der Waals surface area contributed by atoms with Crippen LogP contribution < -0.4 is 0 Å². The highest BCUT2D eigenvalue weighted by molar-refractivity contribution is 8.03. The highest BCUT2D eigenvalue weighted by Crippen LogP contribution is 2.26. The minimum Gasteiger partial charge on any atom is -0.264 e. The maximum Gasteiger partial charge on any atom is 0.104 e. The smallest absolute Gasteiger partial charge is 0.104 e. The van der Waals surface area contributed by atoms with Gasteiger partial charge in [-0.25, -0.2) is 4.98 Å². The van der Waals surface area contributed by atoms with Crippen LogP contribution in [0.25, 0.3) is 0 Å². The van der Waals surface area contributed by atoms with Crippen molar-refractivity contribution in [2.24, 2.45) is 4.99 Å². The fourth-order valence-corrected chi connectivity index (χ4v) is 1.95. The van der Waals surface area contributed by atoms with Crippen molar-refractivity contribution in [3.05, 3.63) is 47.7 Å². The predicted molar refractivity (Wildman–Crippen MR) is 60.6 cm³/mol. The molecule has 0 amide bonds. The molecule has 2 heterocycles. The van der Waals surface area contributed by atoms with Gasteiger partial charge in [0.15, 0.2) is 0 Å². The fourth-order valence-electron chi connectivity index (χ4n) is 1.19. The van der Waals surface area contributed by atoms with Gasteiger partial charge in [0.05, 0.1) is 0 Å². The van der Waals surface area contributed by atoms with Crippen LogP contribution in [-0.2, 0) is 6.42 Å². The number of thioether (sulfide) groups is 1. The van der Waals surface area contributed by atoms with E-state index in [-0.39, 0.29) is 0 Å². The van der Waals surface area contributed by atoms with Crippen LogP contribution in [0.5, 0.6) is 0 Å². The van der Waals surface area contributed by atoms with Gasteiger partial charge in [-0.1, -0.05) is 30.5 Å². The molecule has 0 spiro atoms. The molecule has 0 aromatic carbocycles. The maximum absolute atomic E-state index is 4.32. The zero-order valence-corrected chi connectivity index (χ0v) is 8.50. The van der Waals surface area contributed by atoms with Crippen molar-refractivity contribution in [3.8, 4) is 0 Å². The van der Waals surface area contributed by atoms with Crippen molar-refractivity contribution in [1.82, 2.24) is 4.98 Å². The van der Waals surface area contributed by atoms with E-state index in [1.54, 1.807) is 30.4 Å². The molecular formula is C11H10N2S. The summed E-state index contributed by atoms with van der Waals surface area (Å²) in [6.45, 7) is 3.90. The number of nitrogens with zero attached hydrogens (tertiary/aromatic N) is 2. The lowest BCUT2D eigenvalue weighted by Crippen LogP contribution is -1.89. The van der Waals surface area contributed by atoms with E-state index in [0.717, 1.165) is 16.4 Å². The van der Waals surface area contributed by atoms with E-state index in [2.05, 4.69) is 22.6 Å². The molecule has 3 heteroatoms. The Kier molecular flexibility index (Phi) is 2.79. The molecule has 0 saturated carbocycles. The van der Waals surface area contributed by atoms with Crippen LogP contribution in [0.1, 0.15) is 5.56 Å². The largest absolute Gasteiger partial charge is 0.264 e. The first kappa shape index (κ1) is 9.21. The maximum atomic E-state index is 4.32. The number of aliphatic imine (C=N–C) groups is 1. The molecule has 1 aliphatic heterocycles. The molecule has 0 unspecified atom stereocenters. The Hall–Kier alpha value is -1.35. The summed E-state index contributed by atoms with van der Waals surface area (Å²) in [5, 5.41) is 1.02. The second-order valence-corrected chi connectivity index (χ2v) is 4.02. The lowest BCUT2D eigenvalue weighted by atomic mass is 10.2. The van der Waals surface area contributed by atoms with E-state index in [1.807, 2.05) is 12.1 Å². The van der Waals surface area contributed by atoms with Gasteiger partial charge in [0.1, 0.15) is 5.03 Å². The fraction of sp³-hybridized carbons (Fsp3) is 0.0909. The number of hydrogen-bond acceptors (Lipinski definition) is 3. The minimum atomic E-state index is 0.876. The summed E-state index contributed by atoms with van der Waals surface area (Å²) < 4.78 is 0. The molecule has 0 radical (unpaired) electrons. The average molecular weight is 202 g/mol. The van der Waals surface area contributed by atoms with Crippen LogP contribution in [-0.4, -0.2) is 11.2 Å². The summed E-state index contributed by atoms with van der Waals surface area (Å²) in [7, 11) is 0. The minimum absolute atomic E-state index is 0.876. The summed E-state index contributed by atoms with van der Waals surface area (Å²) in [6, 6.07) is 4.03. The van der Waals surface area contributed by atoms with E-state index in [4.69, 9.17) is 0 Å². The summed E-state index contributed by atoms with van der Waals surface area (Å²) in [5.74, 6) is 0. The monoisotopic (exact) mass is 202 g/mol. The molecule has 2 rings (SSSR count). The van der Waals surface area contributed by atoms with E-state index in [0.29, 0.717) is 0 Å². The van der Waals surface area contributed by atoms with Gasteiger partial charge in [0, 0.05) is 23.5 Å². The molecule has 2 nitrogen and oxygen atoms in total. The molecule has 0 bridgehead atoms. The second kappa shape index (κ2) is 4.24. The van der Waals surface area contributed by atoms with E-state index >= 15 is 0 Å². The molecule has 0 atom stereocenters. The second-order valence-electron chi connectivity index (χ2n) is 2.90. The normalized spacial score (nSPS) is 17.9. The summed E-state index contributed by atoms with van der Waals surface area (Å²) in [5.41, 5.74) is 1.22. The predicted octanol–water partition coefficient (Wildman–Crippen LogP) is 2.83. The molecule has 0 fully saturated rings. The standard InChI is InChI=1S/C11H10N2S/c1-9-8-12-6-2-4-10-5-3-7-13-11(10)14-9/h2-3,5-8H,1,4H2/b6-2-,12-8?. The third kappa shape index (κ3) is 2.12. The number of hydrogen-bond donors (Lipinski definition) is 0. The van der Waals surface area contributed by atoms with Crippen molar-refractivity contribution >= 4 is 18.0 Å². The first-order chi connectivity index (χ1) is 6.86. The van der Waals surface area contributed by atoms with Crippen molar-refractivity contribution in [3.63, 3.8) is 0 Å². The number of aromatic nitrogens is 1. The molecular weight excluding hydrogens is 192 g/mol. The van der Waals surface area contributed by atoms with Gasteiger partial charge in [0.2, 0.25) is 0 Å². The lowest BCUT2D eigenvalue weighted by molar-refractivity contribution is 1.04. The van der Waals surface area contributed by atoms with Gasteiger partial charge in [-0.05, 0) is 18.1 Å². The van der Waals surface area contributed by atoms with Crippen LogP contribution in [0, 0.1) is 0 Å². The number of allylic oxidation sites excluding steroid dienone is 2. The Labute approximate surface area is 87.5 Å². The third-order valence-electron chi connectivity index (χ3n) is 1.83. The van der Waals surface area contributed by atoms with Gasteiger partial charge in [-0.15, -0.1) is 0 Å². The van der Waals surface area contributed by atoms with Gasteiger partial charge in [0.25, 0.3) is 0 Å². The molecule has 14 heavy (non-hydrogen) atoms. The van der Waals surface area contributed by atoms with Crippen molar-refractivity contribution < 1.29 is 0 Å². The summed E-state index contributed by atoms with van der Waals surface area (Å²) >= 11 is 1.56. The highest BCUT2D eigenvalue weighted by Gasteiger charge is 2.04. The Balaban J connectivity index is 2.39. The molecule has 1 aliphatic rings. The van der Waals surface area contributed by atoms with Gasteiger partial charge >= 0.3 is 0 Å². The SMILES string of the molecule is C=C1C=N/C=C\Cc2cccnc2S1. The zero-order valence-electron chi connectivity index (χ0n) is 7.68. The van der Waals surface area contributed by atoms with Gasteiger partial charge in [-0.2, -0.15) is 0 Å². The van der Waals surface area contributed by atoms with Gasteiger partial charge < -0.3 is 0 Å². The van der Waals surface area contributed by atoms with Crippen LogP contribution in [0.15, 0.2) is 52.1 Å². The molecule has 0 saturated heterocycles. The molecule has 1 aromatic rings. The van der Waals surface area contributed by atoms with Crippen LogP contribution in [0.2, 0.25) is 0 Å². The Morgan fingerprint density at radius 1 is 1.43 bits per heavy atom. The Morgan fingerprint density at radius 2 is 2.36 bits per heavy atom. The van der Waals surface area contributed by atoms with E-state index in [9.17, 15) is 0 Å². The quantitative estimate of drug-likeness (QED) is 0.646. The number of fused-ring (bicyclic) bond motifs is 1. The van der Waals surface area contributed by atoms with Gasteiger partial charge in [-0.3, -0.25) is 4.99 Å². The Bertz CT molecular complexity index is 408. The van der Waals surface area contributed by atoms with E-state index < -0.39 is 0 Å². The first-order valence-corrected chi connectivity index (χ1v) is 5.17. The average Bonchev–Trinajstić information content (AvgIpc) is 2.27. The van der Waals surface area contributed by atoms with E-state index in [1.165, 1.54) is 5.56 Å². The topological polar surface area (TPSA) is 25.2 Å². The Morgan fingerprint density at radius 3 is 3.29 bits per heavy atom. The molecule has 0 aliphatic carbocycles. The zero-order chi connectivity index (χ0) is 9.80. The number of rotatable bonds is 0. The lowest BCUT2D eigenvalue weighted by Gasteiger charge is -2.03. The summed E-state index contributed by atoms with van der Waals surface area (Å²) in [4.78, 5) is 9.33. The first-order valence-electron chi connectivity index (χ1n) is 4.35. The third-order valence-corrected chi connectivity index (χ3v) is 2.75. The molecule has 1 aromatic heterocycles. The number of pyridine rings is 1. The molecule has 0 N–H and O–H groups in total. The van der Waals surface area contributed by atoms with Crippen LogP contribution in [0.3, 0.4) is 0 Å². The van der Waals surface area contributed by atoms with Crippen molar-refractivity contribution in [2.45, 2.75) is 11.4 Å². The molecule has 70 valence electrons. The van der Waals surface area contributed by atoms with Crippen molar-refractivity contribution in [2.75, 3.05) is 0 Å². The van der Waals surface area contributed by atoms with Crippen LogP contribution in [0.4, 0.5) is 0 Å².